The van der Waals surface area contributed by atoms with Gasteiger partial charge in [0.1, 0.15) is 5.82 Å². The average Bonchev–Trinajstić information content (AvgIpc) is 2.70. The van der Waals surface area contributed by atoms with E-state index in [-0.39, 0.29) is 11.5 Å². The van der Waals surface area contributed by atoms with Crippen LogP contribution in [0, 0.1) is 0 Å². The summed E-state index contributed by atoms with van der Waals surface area (Å²) in [7, 11) is 0. The first-order valence-corrected chi connectivity index (χ1v) is 6.67. The molecule has 98 valence electrons. The van der Waals surface area contributed by atoms with E-state index in [9.17, 15) is 0 Å². The highest BCUT2D eigenvalue weighted by Gasteiger charge is 2.16. The molecule has 1 aromatic carbocycles. The van der Waals surface area contributed by atoms with Crippen molar-refractivity contribution in [3.63, 3.8) is 0 Å². The van der Waals surface area contributed by atoms with Crippen LogP contribution in [0.15, 0.2) is 18.2 Å². The first-order valence-electron chi connectivity index (χ1n) is 6.67. The van der Waals surface area contributed by atoms with Gasteiger partial charge in [-0.15, -0.1) is 0 Å². The molecular weight excluding hydrogens is 222 g/mol. The van der Waals surface area contributed by atoms with Gasteiger partial charge in [0.2, 0.25) is 0 Å². The highest BCUT2D eigenvalue weighted by Crippen LogP contribution is 2.26. The molecule has 0 bridgehead atoms. The molecule has 3 N–H and O–H groups in total. The molecule has 1 unspecified atom stereocenters. The number of aromatic amines is 1. The van der Waals surface area contributed by atoms with Gasteiger partial charge in [0, 0.05) is 0 Å². The standard InChI is InChI=1S/C15H23N3/c1-5-6-11(16)14-17-12-8-7-10(15(2,3)4)9-13(12)18-14/h7-9,11H,5-6,16H2,1-4H3,(H,17,18). The van der Waals surface area contributed by atoms with Crippen molar-refractivity contribution in [2.45, 2.75) is 52.0 Å². The minimum Gasteiger partial charge on any atom is -0.341 e. The Morgan fingerprint density at radius 3 is 2.67 bits per heavy atom. The van der Waals surface area contributed by atoms with E-state index in [0.29, 0.717) is 0 Å². The number of nitrogens with two attached hydrogens (primary N) is 1. The molecule has 0 aliphatic carbocycles. The van der Waals surface area contributed by atoms with Crippen molar-refractivity contribution in [3.05, 3.63) is 29.6 Å². The van der Waals surface area contributed by atoms with Gasteiger partial charge < -0.3 is 10.7 Å². The van der Waals surface area contributed by atoms with Crippen molar-refractivity contribution >= 4 is 11.0 Å². The molecule has 0 aliphatic heterocycles. The first kappa shape index (κ1) is 13.1. The van der Waals surface area contributed by atoms with Gasteiger partial charge >= 0.3 is 0 Å². The number of benzene rings is 1. The Labute approximate surface area is 109 Å². The largest absolute Gasteiger partial charge is 0.341 e. The maximum Gasteiger partial charge on any atom is 0.124 e. The smallest absolute Gasteiger partial charge is 0.124 e. The number of rotatable bonds is 3. The van der Waals surface area contributed by atoms with Gasteiger partial charge in [-0.1, -0.05) is 40.2 Å². The maximum absolute atomic E-state index is 6.10. The summed E-state index contributed by atoms with van der Waals surface area (Å²) in [5, 5.41) is 0. The Hall–Kier alpha value is -1.35. The molecule has 3 heteroatoms. The molecule has 0 fully saturated rings. The van der Waals surface area contributed by atoms with Crippen molar-refractivity contribution in [2.75, 3.05) is 0 Å². The fraction of sp³-hybridized carbons (Fsp3) is 0.533. The molecule has 1 heterocycles. The van der Waals surface area contributed by atoms with Crippen LogP contribution in [-0.4, -0.2) is 9.97 Å². The summed E-state index contributed by atoms with van der Waals surface area (Å²) in [6, 6.07) is 6.43. The number of imidazole rings is 1. The number of aromatic nitrogens is 2. The van der Waals surface area contributed by atoms with Crippen LogP contribution in [0.25, 0.3) is 11.0 Å². The Balaban J connectivity index is 2.40. The number of hydrogen-bond acceptors (Lipinski definition) is 2. The number of nitrogens with one attached hydrogen (secondary N) is 1. The van der Waals surface area contributed by atoms with E-state index in [1.165, 1.54) is 5.56 Å². The Morgan fingerprint density at radius 1 is 1.33 bits per heavy atom. The molecule has 2 rings (SSSR count). The molecule has 2 aromatic rings. The van der Waals surface area contributed by atoms with E-state index in [1.54, 1.807) is 0 Å². The summed E-state index contributed by atoms with van der Waals surface area (Å²) < 4.78 is 0. The van der Waals surface area contributed by atoms with Crippen LogP contribution in [0.1, 0.15) is 58.0 Å². The first-order chi connectivity index (χ1) is 8.41. The molecule has 3 nitrogen and oxygen atoms in total. The fourth-order valence-corrected chi connectivity index (χ4v) is 2.12. The molecule has 0 spiro atoms. The van der Waals surface area contributed by atoms with E-state index >= 15 is 0 Å². The number of hydrogen-bond donors (Lipinski definition) is 2. The Kier molecular flexibility index (Phi) is 3.44. The van der Waals surface area contributed by atoms with Gasteiger partial charge in [0.25, 0.3) is 0 Å². The predicted molar refractivity (Wildman–Crippen MR) is 76.6 cm³/mol. The van der Waals surface area contributed by atoms with Crippen LogP contribution in [-0.2, 0) is 5.41 Å². The van der Waals surface area contributed by atoms with Crippen LogP contribution in [0.3, 0.4) is 0 Å². The van der Waals surface area contributed by atoms with Crippen LogP contribution in [0.4, 0.5) is 0 Å². The number of nitrogens with zero attached hydrogens (tertiary/aromatic N) is 1. The summed E-state index contributed by atoms with van der Waals surface area (Å²) in [4.78, 5) is 7.93. The highest BCUT2D eigenvalue weighted by molar-refractivity contribution is 5.76. The van der Waals surface area contributed by atoms with Crippen molar-refractivity contribution < 1.29 is 0 Å². The van der Waals surface area contributed by atoms with Crippen molar-refractivity contribution in [2.24, 2.45) is 5.73 Å². The van der Waals surface area contributed by atoms with Crippen LogP contribution >= 0.6 is 0 Å². The zero-order valence-corrected chi connectivity index (χ0v) is 11.7. The van der Waals surface area contributed by atoms with Crippen molar-refractivity contribution in [1.82, 2.24) is 9.97 Å². The molecule has 0 aliphatic rings. The second-order valence-electron chi connectivity index (χ2n) is 6.00. The zero-order chi connectivity index (χ0) is 13.3. The van der Waals surface area contributed by atoms with Crippen molar-refractivity contribution in [3.8, 4) is 0 Å². The Morgan fingerprint density at radius 2 is 2.06 bits per heavy atom. The third-order valence-corrected chi connectivity index (χ3v) is 3.32. The molecular formula is C15H23N3. The van der Waals surface area contributed by atoms with E-state index in [4.69, 9.17) is 5.73 Å². The summed E-state index contributed by atoms with van der Waals surface area (Å²) in [5.41, 5.74) is 9.66. The lowest BCUT2D eigenvalue weighted by molar-refractivity contribution is 0.591. The fourth-order valence-electron chi connectivity index (χ4n) is 2.12. The normalized spacial score (nSPS) is 14.1. The molecule has 0 saturated carbocycles. The van der Waals surface area contributed by atoms with Gasteiger partial charge in [-0.3, -0.25) is 0 Å². The van der Waals surface area contributed by atoms with Gasteiger partial charge in [-0.05, 0) is 29.5 Å². The number of H-pyrrole nitrogens is 1. The van der Waals surface area contributed by atoms with E-state index < -0.39 is 0 Å². The SMILES string of the molecule is CCCC(N)c1nc2ccc(C(C)(C)C)cc2[nH]1. The lowest BCUT2D eigenvalue weighted by atomic mass is 9.87. The molecule has 1 atom stereocenters. The van der Waals surface area contributed by atoms with Crippen LogP contribution in [0.2, 0.25) is 0 Å². The molecule has 0 amide bonds. The molecule has 0 saturated heterocycles. The average molecular weight is 245 g/mol. The lowest BCUT2D eigenvalue weighted by Crippen LogP contribution is -2.11. The quantitative estimate of drug-likeness (QED) is 0.867. The van der Waals surface area contributed by atoms with Crippen LogP contribution in [0.5, 0.6) is 0 Å². The lowest BCUT2D eigenvalue weighted by Gasteiger charge is -2.18. The molecule has 18 heavy (non-hydrogen) atoms. The second kappa shape index (κ2) is 4.73. The third-order valence-electron chi connectivity index (χ3n) is 3.32. The second-order valence-corrected chi connectivity index (χ2v) is 6.00. The van der Waals surface area contributed by atoms with Gasteiger partial charge in [-0.25, -0.2) is 4.98 Å². The molecule has 0 radical (unpaired) electrons. The van der Waals surface area contributed by atoms with E-state index in [0.717, 1.165) is 29.7 Å². The minimum atomic E-state index is 0.0143. The Bertz CT molecular complexity index is 534. The van der Waals surface area contributed by atoms with Gasteiger partial charge in [0.15, 0.2) is 0 Å². The molecule has 1 aromatic heterocycles. The third kappa shape index (κ3) is 2.56. The monoisotopic (exact) mass is 245 g/mol. The summed E-state index contributed by atoms with van der Waals surface area (Å²) >= 11 is 0. The summed E-state index contributed by atoms with van der Waals surface area (Å²) in [6.45, 7) is 8.79. The highest BCUT2D eigenvalue weighted by atomic mass is 15.0. The zero-order valence-electron chi connectivity index (χ0n) is 11.7. The minimum absolute atomic E-state index is 0.0143. The number of fused-ring (bicyclic) bond motifs is 1. The van der Waals surface area contributed by atoms with E-state index in [1.807, 2.05) is 0 Å². The van der Waals surface area contributed by atoms with Gasteiger partial charge in [-0.2, -0.15) is 0 Å². The predicted octanol–water partition coefficient (Wildman–Crippen LogP) is 3.66. The summed E-state index contributed by atoms with van der Waals surface area (Å²) in [5.74, 6) is 0.901. The van der Waals surface area contributed by atoms with E-state index in [2.05, 4.69) is 55.9 Å². The topological polar surface area (TPSA) is 54.7 Å². The van der Waals surface area contributed by atoms with Crippen LogP contribution < -0.4 is 5.73 Å². The summed E-state index contributed by atoms with van der Waals surface area (Å²) in [6.07, 6.45) is 2.04. The maximum atomic E-state index is 6.10. The van der Waals surface area contributed by atoms with Gasteiger partial charge in [0.05, 0.1) is 17.1 Å². The van der Waals surface area contributed by atoms with Crippen molar-refractivity contribution in [1.29, 1.82) is 0 Å².